The van der Waals surface area contributed by atoms with Gasteiger partial charge in [-0.15, -0.1) is 0 Å². The highest BCUT2D eigenvalue weighted by Crippen LogP contribution is 2.35. The molecular formula is C19H14N4O3S. The molecule has 0 atom stereocenters. The van der Waals surface area contributed by atoms with E-state index >= 15 is 0 Å². The number of ether oxygens (including phenoxy) is 2. The van der Waals surface area contributed by atoms with Crippen LogP contribution in [0.4, 0.5) is 0 Å². The number of para-hydroxylation sites is 2. The van der Waals surface area contributed by atoms with Gasteiger partial charge in [-0.25, -0.2) is 9.97 Å². The number of aromatic nitrogens is 4. The number of thioether (sulfide) groups is 1. The smallest absolute Gasteiger partial charge is 0.237 e. The van der Waals surface area contributed by atoms with Crippen LogP contribution in [0.2, 0.25) is 0 Å². The lowest BCUT2D eigenvalue weighted by atomic mass is 10.2. The third-order valence-electron chi connectivity index (χ3n) is 4.13. The van der Waals surface area contributed by atoms with E-state index in [1.807, 2.05) is 49.4 Å². The van der Waals surface area contributed by atoms with E-state index in [1.54, 1.807) is 0 Å². The van der Waals surface area contributed by atoms with Crippen LogP contribution in [0.1, 0.15) is 11.6 Å². The minimum Gasteiger partial charge on any atom is -0.454 e. The SMILES string of the molecule is Cc1nc2ccccc2nc1SCc1nc(-c2ccc3c(c2)OCO3)no1. The summed E-state index contributed by atoms with van der Waals surface area (Å²) in [5.41, 5.74) is 3.47. The van der Waals surface area contributed by atoms with Crippen molar-refractivity contribution in [2.75, 3.05) is 6.79 Å². The van der Waals surface area contributed by atoms with E-state index in [2.05, 4.69) is 20.1 Å². The topological polar surface area (TPSA) is 83.2 Å². The highest BCUT2D eigenvalue weighted by molar-refractivity contribution is 7.98. The Kier molecular flexibility index (Phi) is 3.90. The van der Waals surface area contributed by atoms with Crippen LogP contribution in [-0.4, -0.2) is 26.9 Å². The van der Waals surface area contributed by atoms with Crippen molar-refractivity contribution in [3.63, 3.8) is 0 Å². The summed E-state index contributed by atoms with van der Waals surface area (Å²) in [5.74, 6) is 2.98. The van der Waals surface area contributed by atoms with Crippen molar-refractivity contribution < 1.29 is 14.0 Å². The Bertz CT molecular complexity index is 1140. The maximum absolute atomic E-state index is 5.39. The van der Waals surface area contributed by atoms with Crippen molar-refractivity contribution in [3.05, 3.63) is 54.0 Å². The van der Waals surface area contributed by atoms with Crippen LogP contribution in [0, 0.1) is 6.92 Å². The van der Waals surface area contributed by atoms with Crippen LogP contribution < -0.4 is 9.47 Å². The van der Waals surface area contributed by atoms with Gasteiger partial charge in [0.15, 0.2) is 11.5 Å². The molecule has 1 aliphatic heterocycles. The summed E-state index contributed by atoms with van der Waals surface area (Å²) in [5, 5.41) is 4.92. The molecule has 0 spiro atoms. The molecule has 27 heavy (non-hydrogen) atoms. The Hall–Kier alpha value is -3.13. The van der Waals surface area contributed by atoms with Gasteiger partial charge in [-0.2, -0.15) is 4.98 Å². The summed E-state index contributed by atoms with van der Waals surface area (Å²) in [6.45, 7) is 2.19. The van der Waals surface area contributed by atoms with Gasteiger partial charge in [0.1, 0.15) is 5.03 Å². The van der Waals surface area contributed by atoms with Crippen molar-refractivity contribution in [1.82, 2.24) is 20.1 Å². The Balaban J connectivity index is 1.35. The molecule has 0 bridgehead atoms. The number of hydrogen-bond acceptors (Lipinski definition) is 8. The zero-order chi connectivity index (χ0) is 18.2. The Morgan fingerprint density at radius 3 is 2.67 bits per heavy atom. The molecule has 2 aromatic carbocycles. The molecule has 0 unspecified atom stereocenters. The first-order chi connectivity index (χ1) is 13.3. The molecule has 2 aromatic heterocycles. The molecule has 4 aromatic rings. The quantitative estimate of drug-likeness (QED) is 0.493. The molecule has 0 saturated heterocycles. The van der Waals surface area contributed by atoms with E-state index in [-0.39, 0.29) is 6.79 Å². The lowest BCUT2D eigenvalue weighted by molar-refractivity contribution is 0.174. The van der Waals surface area contributed by atoms with E-state index in [1.165, 1.54) is 11.8 Å². The van der Waals surface area contributed by atoms with Gasteiger partial charge in [0, 0.05) is 5.56 Å². The van der Waals surface area contributed by atoms with E-state index in [9.17, 15) is 0 Å². The average molecular weight is 378 g/mol. The summed E-state index contributed by atoms with van der Waals surface area (Å²) in [4.78, 5) is 13.7. The first-order valence-corrected chi connectivity index (χ1v) is 9.33. The van der Waals surface area contributed by atoms with E-state index in [0.717, 1.165) is 33.1 Å². The van der Waals surface area contributed by atoms with Crippen LogP contribution in [0.5, 0.6) is 11.5 Å². The number of rotatable bonds is 4. The van der Waals surface area contributed by atoms with Crippen molar-refractivity contribution in [1.29, 1.82) is 0 Å². The second kappa shape index (κ2) is 6.55. The normalized spacial score (nSPS) is 12.6. The fourth-order valence-corrected chi connectivity index (χ4v) is 3.60. The molecule has 0 aliphatic carbocycles. The number of fused-ring (bicyclic) bond motifs is 2. The molecule has 0 radical (unpaired) electrons. The van der Waals surface area contributed by atoms with Crippen molar-refractivity contribution in [2.24, 2.45) is 0 Å². The number of benzene rings is 2. The fraction of sp³-hybridized carbons (Fsp3) is 0.158. The second-order valence-electron chi connectivity index (χ2n) is 5.97. The molecule has 1 aliphatic rings. The second-order valence-corrected chi connectivity index (χ2v) is 6.94. The van der Waals surface area contributed by atoms with Gasteiger partial charge < -0.3 is 14.0 Å². The van der Waals surface area contributed by atoms with E-state index in [0.29, 0.717) is 23.2 Å². The molecule has 8 heteroatoms. The van der Waals surface area contributed by atoms with Gasteiger partial charge in [0.2, 0.25) is 18.5 Å². The zero-order valence-electron chi connectivity index (χ0n) is 14.4. The molecule has 0 N–H and O–H groups in total. The van der Waals surface area contributed by atoms with Gasteiger partial charge in [-0.05, 0) is 37.3 Å². The van der Waals surface area contributed by atoms with Crippen molar-refractivity contribution in [2.45, 2.75) is 17.7 Å². The van der Waals surface area contributed by atoms with Gasteiger partial charge >= 0.3 is 0 Å². The molecular weight excluding hydrogens is 364 g/mol. The largest absolute Gasteiger partial charge is 0.454 e. The minimum atomic E-state index is 0.235. The van der Waals surface area contributed by atoms with Crippen molar-refractivity contribution in [3.8, 4) is 22.9 Å². The van der Waals surface area contributed by atoms with Gasteiger partial charge in [0.05, 0.1) is 22.5 Å². The average Bonchev–Trinajstić information content (AvgIpc) is 3.35. The van der Waals surface area contributed by atoms with Gasteiger partial charge in [-0.1, -0.05) is 29.1 Å². The number of nitrogens with zero attached hydrogens (tertiary/aromatic N) is 4. The standard InChI is InChI=1S/C19H14N4O3S/c1-11-19(21-14-5-3-2-4-13(14)20-11)27-9-17-22-18(23-26-17)12-6-7-15-16(8-12)25-10-24-15/h2-8H,9-10H2,1H3. The van der Waals surface area contributed by atoms with Crippen LogP contribution in [0.25, 0.3) is 22.4 Å². The zero-order valence-corrected chi connectivity index (χ0v) is 15.2. The third-order valence-corrected chi connectivity index (χ3v) is 5.18. The molecule has 134 valence electrons. The lowest BCUT2D eigenvalue weighted by Gasteiger charge is -2.04. The Labute approximate surface area is 158 Å². The highest BCUT2D eigenvalue weighted by atomic mass is 32.2. The number of hydrogen-bond donors (Lipinski definition) is 0. The summed E-state index contributed by atoms with van der Waals surface area (Å²) in [6.07, 6.45) is 0. The highest BCUT2D eigenvalue weighted by Gasteiger charge is 2.17. The first kappa shape index (κ1) is 16.1. The van der Waals surface area contributed by atoms with Gasteiger partial charge in [-0.3, -0.25) is 0 Å². The molecule has 0 saturated carbocycles. The van der Waals surface area contributed by atoms with Crippen LogP contribution >= 0.6 is 11.8 Å². The first-order valence-electron chi connectivity index (χ1n) is 8.35. The number of aryl methyl sites for hydroxylation is 1. The fourth-order valence-electron chi connectivity index (χ4n) is 2.81. The van der Waals surface area contributed by atoms with Crippen LogP contribution in [-0.2, 0) is 5.75 Å². The Morgan fingerprint density at radius 1 is 0.963 bits per heavy atom. The molecule has 5 rings (SSSR count). The Morgan fingerprint density at radius 2 is 1.78 bits per heavy atom. The summed E-state index contributed by atoms with van der Waals surface area (Å²) in [6, 6.07) is 13.4. The van der Waals surface area contributed by atoms with E-state index in [4.69, 9.17) is 14.0 Å². The summed E-state index contributed by atoms with van der Waals surface area (Å²) >= 11 is 1.53. The van der Waals surface area contributed by atoms with Gasteiger partial charge in [0.25, 0.3) is 0 Å². The molecule has 7 nitrogen and oxygen atoms in total. The molecule has 3 heterocycles. The minimum absolute atomic E-state index is 0.235. The molecule has 0 amide bonds. The predicted octanol–water partition coefficient (Wildman–Crippen LogP) is 4.01. The summed E-state index contributed by atoms with van der Waals surface area (Å²) in [7, 11) is 0. The maximum Gasteiger partial charge on any atom is 0.237 e. The summed E-state index contributed by atoms with van der Waals surface area (Å²) < 4.78 is 16.1. The third kappa shape index (κ3) is 3.08. The lowest BCUT2D eigenvalue weighted by Crippen LogP contribution is -1.93. The van der Waals surface area contributed by atoms with Crippen molar-refractivity contribution >= 4 is 22.8 Å². The monoisotopic (exact) mass is 378 g/mol. The predicted molar refractivity (Wildman–Crippen MR) is 99.7 cm³/mol. The van der Waals surface area contributed by atoms with Crippen LogP contribution in [0.15, 0.2) is 52.0 Å². The maximum atomic E-state index is 5.39. The van der Waals surface area contributed by atoms with Crippen LogP contribution in [0.3, 0.4) is 0 Å². The van der Waals surface area contributed by atoms with E-state index < -0.39 is 0 Å². The molecule has 0 fully saturated rings.